The molecule has 0 saturated carbocycles. The van der Waals surface area contributed by atoms with Crippen LogP contribution in [-0.4, -0.2) is 44.9 Å². The van der Waals surface area contributed by atoms with E-state index in [0.29, 0.717) is 56.3 Å². The number of sulfonamides is 1. The fraction of sp³-hybridized carbons (Fsp3) is 0.350. The number of ether oxygens (including phenoxy) is 2. The Hall–Kier alpha value is -2.10. The molecule has 0 bridgehead atoms. The van der Waals surface area contributed by atoms with Crippen molar-refractivity contribution in [1.29, 1.82) is 0 Å². The average Bonchev–Trinajstić information content (AvgIpc) is 2.75. The maximum atomic E-state index is 13.0. The molecule has 9 heteroatoms. The van der Waals surface area contributed by atoms with Crippen LogP contribution >= 0.6 is 15.9 Å². The number of benzene rings is 2. The number of hydrogen-bond acceptors (Lipinski definition) is 5. The molecule has 4 rings (SSSR count). The molecular weight excluding hydrogens is 460 g/mol. The lowest BCUT2D eigenvalue weighted by Gasteiger charge is -2.31. The van der Waals surface area contributed by atoms with E-state index in [1.807, 2.05) is 24.3 Å². The number of rotatable bonds is 4. The maximum absolute atomic E-state index is 13.0. The van der Waals surface area contributed by atoms with Gasteiger partial charge in [0.1, 0.15) is 13.2 Å². The predicted octanol–water partition coefficient (Wildman–Crippen LogP) is 3.26. The summed E-state index contributed by atoms with van der Waals surface area (Å²) in [5.74, 6) is 0.680. The smallest absolute Gasteiger partial charge is 0.243 e. The summed E-state index contributed by atoms with van der Waals surface area (Å²) >= 11 is 3.41. The lowest BCUT2D eigenvalue weighted by molar-refractivity contribution is -0.120. The highest BCUT2D eigenvalue weighted by atomic mass is 79.9. The zero-order valence-corrected chi connectivity index (χ0v) is 18.0. The van der Waals surface area contributed by atoms with Crippen molar-refractivity contribution in [2.45, 2.75) is 17.7 Å². The SMILES string of the molecule is O=C(Nc1ccccc1Br)C1CCN(S(=O)(=O)c2ccc3c(c2)OCCO3)CC1. The first-order valence-electron chi connectivity index (χ1n) is 9.40. The molecule has 7 nitrogen and oxygen atoms in total. The van der Waals surface area contributed by atoms with Crippen LogP contribution in [0.15, 0.2) is 51.8 Å². The van der Waals surface area contributed by atoms with Gasteiger partial charge in [0, 0.05) is 29.5 Å². The topological polar surface area (TPSA) is 84.9 Å². The van der Waals surface area contributed by atoms with Gasteiger partial charge in [0.25, 0.3) is 0 Å². The van der Waals surface area contributed by atoms with Crippen LogP contribution in [0.2, 0.25) is 0 Å². The minimum absolute atomic E-state index is 0.0896. The molecule has 2 heterocycles. The molecule has 1 saturated heterocycles. The standard InChI is InChI=1S/C20H21BrN2O5S/c21-16-3-1-2-4-17(16)22-20(24)14-7-9-23(10-8-14)29(25,26)15-5-6-18-19(13-15)28-12-11-27-18/h1-6,13-14H,7-12H2,(H,22,24). The van der Waals surface area contributed by atoms with Gasteiger partial charge in [0.15, 0.2) is 11.5 Å². The molecule has 0 aromatic heterocycles. The van der Waals surface area contributed by atoms with Gasteiger partial charge in [-0.05, 0) is 53.0 Å². The molecule has 0 aliphatic carbocycles. The number of piperidine rings is 1. The van der Waals surface area contributed by atoms with Gasteiger partial charge >= 0.3 is 0 Å². The molecule has 0 unspecified atom stereocenters. The second-order valence-corrected chi connectivity index (χ2v) is 9.75. The third-order valence-electron chi connectivity index (χ3n) is 5.11. The Kier molecular flexibility index (Phi) is 5.80. The van der Waals surface area contributed by atoms with Crippen LogP contribution in [0.5, 0.6) is 11.5 Å². The molecule has 29 heavy (non-hydrogen) atoms. The number of hydrogen-bond donors (Lipinski definition) is 1. The Balaban J connectivity index is 1.41. The van der Waals surface area contributed by atoms with Crippen LogP contribution in [0.3, 0.4) is 0 Å². The number of carbonyl (C=O) groups excluding carboxylic acids is 1. The number of nitrogens with zero attached hydrogens (tertiary/aromatic N) is 1. The molecule has 2 aliphatic heterocycles. The molecule has 1 amide bonds. The van der Waals surface area contributed by atoms with E-state index >= 15 is 0 Å². The third-order valence-corrected chi connectivity index (χ3v) is 7.69. The van der Waals surface area contributed by atoms with Crippen molar-refractivity contribution in [3.63, 3.8) is 0 Å². The third kappa shape index (κ3) is 4.26. The Labute approximate surface area is 178 Å². The number of para-hydroxylation sites is 1. The van der Waals surface area contributed by atoms with E-state index in [-0.39, 0.29) is 16.7 Å². The summed E-state index contributed by atoms with van der Waals surface area (Å²) in [5, 5.41) is 2.92. The van der Waals surface area contributed by atoms with Crippen molar-refractivity contribution in [1.82, 2.24) is 4.31 Å². The molecule has 154 valence electrons. The molecule has 1 fully saturated rings. The van der Waals surface area contributed by atoms with E-state index in [0.717, 1.165) is 4.47 Å². The number of halogens is 1. The van der Waals surface area contributed by atoms with E-state index in [4.69, 9.17) is 9.47 Å². The number of anilines is 1. The highest BCUT2D eigenvalue weighted by Crippen LogP contribution is 2.34. The van der Waals surface area contributed by atoms with Crippen molar-refractivity contribution in [2.75, 3.05) is 31.6 Å². The fourth-order valence-electron chi connectivity index (χ4n) is 3.49. The summed E-state index contributed by atoms with van der Waals surface area (Å²) in [4.78, 5) is 12.8. The van der Waals surface area contributed by atoms with E-state index in [9.17, 15) is 13.2 Å². The van der Waals surface area contributed by atoms with Crippen molar-refractivity contribution < 1.29 is 22.7 Å². The molecule has 2 aromatic rings. The molecular formula is C20H21BrN2O5S. The largest absolute Gasteiger partial charge is 0.486 e. The van der Waals surface area contributed by atoms with Crippen LogP contribution < -0.4 is 14.8 Å². The minimum Gasteiger partial charge on any atom is -0.486 e. The van der Waals surface area contributed by atoms with Crippen molar-refractivity contribution in [3.8, 4) is 11.5 Å². The number of nitrogens with one attached hydrogen (secondary N) is 1. The lowest BCUT2D eigenvalue weighted by atomic mass is 9.97. The van der Waals surface area contributed by atoms with Crippen LogP contribution in [0.1, 0.15) is 12.8 Å². The maximum Gasteiger partial charge on any atom is 0.243 e. The lowest BCUT2D eigenvalue weighted by Crippen LogP contribution is -2.41. The van der Waals surface area contributed by atoms with Gasteiger partial charge in [-0.2, -0.15) is 4.31 Å². The molecule has 2 aromatic carbocycles. The molecule has 0 spiro atoms. The molecule has 0 radical (unpaired) electrons. The second-order valence-electron chi connectivity index (χ2n) is 6.95. The molecule has 2 aliphatic rings. The van der Waals surface area contributed by atoms with Crippen molar-refractivity contribution >= 4 is 37.5 Å². The highest BCUT2D eigenvalue weighted by Gasteiger charge is 2.33. The summed E-state index contributed by atoms with van der Waals surface area (Å²) in [6.07, 6.45) is 0.945. The first-order chi connectivity index (χ1) is 13.9. The van der Waals surface area contributed by atoms with E-state index in [1.165, 1.54) is 16.4 Å². The van der Waals surface area contributed by atoms with Crippen LogP contribution in [0.4, 0.5) is 5.69 Å². The predicted molar refractivity (Wildman–Crippen MR) is 112 cm³/mol. The van der Waals surface area contributed by atoms with Gasteiger partial charge in [-0.1, -0.05) is 12.1 Å². The summed E-state index contributed by atoms with van der Waals surface area (Å²) in [7, 11) is -3.65. The monoisotopic (exact) mass is 480 g/mol. The van der Waals surface area contributed by atoms with Gasteiger partial charge in [-0.25, -0.2) is 8.42 Å². The Morgan fingerprint density at radius 3 is 2.45 bits per heavy atom. The second kappa shape index (κ2) is 8.33. The Morgan fingerprint density at radius 2 is 1.72 bits per heavy atom. The van der Waals surface area contributed by atoms with E-state index in [1.54, 1.807) is 6.07 Å². The van der Waals surface area contributed by atoms with Gasteiger partial charge in [0.05, 0.1) is 10.6 Å². The normalized spacial score (nSPS) is 17.7. The summed E-state index contributed by atoms with van der Waals surface area (Å²) in [5.41, 5.74) is 0.712. The average molecular weight is 481 g/mol. The van der Waals surface area contributed by atoms with Gasteiger partial charge < -0.3 is 14.8 Å². The quantitative estimate of drug-likeness (QED) is 0.725. The minimum atomic E-state index is -3.65. The van der Waals surface area contributed by atoms with Crippen LogP contribution in [0, 0.1) is 5.92 Å². The van der Waals surface area contributed by atoms with Gasteiger partial charge in [-0.3, -0.25) is 4.79 Å². The van der Waals surface area contributed by atoms with Crippen molar-refractivity contribution in [3.05, 3.63) is 46.9 Å². The van der Waals surface area contributed by atoms with Crippen LogP contribution in [-0.2, 0) is 14.8 Å². The number of amides is 1. The number of carbonyl (C=O) groups is 1. The van der Waals surface area contributed by atoms with Gasteiger partial charge in [0.2, 0.25) is 15.9 Å². The zero-order valence-electron chi connectivity index (χ0n) is 15.6. The van der Waals surface area contributed by atoms with E-state index in [2.05, 4.69) is 21.2 Å². The van der Waals surface area contributed by atoms with Gasteiger partial charge in [-0.15, -0.1) is 0 Å². The van der Waals surface area contributed by atoms with E-state index < -0.39 is 10.0 Å². The first-order valence-corrected chi connectivity index (χ1v) is 11.6. The summed E-state index contributed by atoms with van der Waals surface area (Å²) < 4.78 is 39.2. The van der Waals surface area contributed by atoms with Crippen LogP contribution in [0.25, 0.3) is 0 Å². The number of fused-ring (bicyclic) bond motifs is 1. The summed E-state index contributed by atoms with van der Waals surface area (Å²) in [6.45, 7) is 1.44. The first kappa shape index (κ1) is 20.2. The Morgan fingerprint density at radius 1 is 1.03 bits per heavy atom. The Bertz CT molecular complexity index is 1020. The highest BCUT2D eigenvalue weighted by molar-refractivity contribution is 9.10. The molecule has 1 N–H and O–H groups in total. The summed E-state index contributed by atoms with van der Waals surface area (Å²) in [6, 6.07) is 12.1. The fourth-order valence-corrected chi connectivity index (χ4v) is 5.36. The molecule has 0 atom stereocenters. The van der Waals surface area contributed by atoms with Crippen molar-refractivity contribution in [2.24, 2.45) is 5.92 Å². The zero-order chi connectivity index (χ0) is 20.4.